The minimum absolute atomic E-state index is 0.0836. The minimum Gasteiger partial charge on any atom is -0.352 e. The third kappa shape index (κ3) is 7.38. The molecular formula is C19H28F3N5O. The lowest BCUT2D eigenvalue weighted by Crippen LogP contribution is -2.44. The van der Waals surface area contributed by atoms with E-state index in [0.29, 0.717) is 44.1 Å². The largest absolute Gasteiger partial charge is 0.401 e. The lowest BCUT2D eigenvalue weighted by Gasteiger charge is -2.20. The average Bonchev–Trinajstić information content (AvgIpc) is 3.08. The molecule has 1 aliphatic rings. The van der Waals surface area contributed by atoms with Crippen molar-refractivity contribution in [3.63, 3.8) is 0 Å². The van der Waals surface area contributed by atoms with Crippen molar-refractivity contribution in [1.82, 2.24) is 20.9 Å². The van der Waals surface area contributed by atoms with Gasteiger partial charge in [-0.3, -0.25) is 14.7 Å². The molecule has 0 aliphatic carbocycles. The summed E-state index contributed by atoms with van der Waals surface area (Å²) in [5.74, 6) is 0.418. The number of aliphatic imine (C=N–C) groups is 1. The van der Waals surface area contributed by atoms with Crippen LogP contribution in [-0.4, -0.2) is 62.2 Å². The number of carbonyl (C=O) groups is 1. The molecule has 28 heavy (non-hydrogen) atoms. The molecule has 0 saturated carbocycles. The predicted octanol–water partition coefficient (Wildman–Crippen LogP) is 2.13. The lowest BCUT2D eigenvalue weighted by atomic mass is 10.1. The van der Waals surface area contributed by atoms with Crippen LogP contribution in [-0.2, 0) is 6.54 Å². The minimum atomic E-state index is -4.18. The first-order valence-electron chi connectivity index (χ1n) is 9.44. The zero-order chi connectivity index (χ0) is 20.6. The van der Waals surface area contributed by atoms with E-state index in [1.807, 2.05) is 25.1 Å². The van der Waals surface area contributed by atoms with Gasteiger partial charge in [0.15, 0.2) is 5.96 Å². The van der Waals surface area contributed by atoms with Gasteiger partial charge in [-0.25, -0.2) is 0 Å². The van der Waals surface area contributed by atoms with Gasteiger partial charge in [-0.05, 0) is 30.5 Å². The Morgan fingerprint density at radius 2 is 2.11 bits per heavy atom. The molecule has 156 valence electrons. The first-order valence-corrected chi connectivity index (χ1v) is 9.44. The first kappa shape index (κ1) is 22.0. The maximum Gasteiger partial charge on any atom is 0.401 e. The maximum absolute atomic E-state index is 12.5. The summed E-state index contributed by atoms with van der Waals surface area (Å²) in [5, 5.41) is 9.16. The Hall–Kier alpha value is -2.29. The van der Waals surface area contributed by atoms with Crippen LogP contribution in [0.4, 0.5) is 13.2 Å². The molecule has 9 heteroatoms. The zero-order valence-corrected chi connectivity index (χ0v) is 16.3. The Kier molecular flexibility index (Phi) is 8.10. The molecule has 2 rings (SSSR count). The van der Waals surface area contributed by atoms with Gasteiger partial charge in [0, 0.05) is 44.8 Å². The second kappa shape index (κ2) is 10.3. The van der Waals surface area contributed by atoms with Gasteiger partial charge in [0.05, 0.1) is 6.54 Å². The SMILES string of the molecule is CCCNC(=O)c1cccc(CNC(=NC)NC2CCN(CC(F)(F)F)C2)c1. The van der Waals surface area contributed by atoms with Crippen molar-refractivity contribution in [3.05, 3.63) is 35.4 Å². The van der Waals surface area contributed by atoms with Crippen LogP contribution >= 0.6 is 0 Å². The molecule has 1 amide bonds. The van der Waals surface area contributed by atoms with Gasteiger partial charge in [-0.15, -0.1) is 0 Å². The van der Waals surface area contributed by atoms with Crippen LogP contribution in [0.5, 0.6) is 0 Å². The molecule has 0 bridgehead atoms. The first-order chi connectivity index (χ1) is 13.3. The average molecular weight is 399 g/mol. The molecule has 3 N–H and O–H groups in total. The second-order valence-electron chi connectivity index (χ2n) is 6.86. The molecule has 6 nitrogen and oxygen atoms in total. The Bertz CT molecular complexity index is 678. The summed E-state index contributed by atoms with van der Waals surface area (Å²) in [6.07, 6.45) is -2.68. The molecule has 0 spiro atoms. The van der Waals surface area contributed by atoms with Crippen LogP contribution in [0.1, 0.15) is 35.7 Å². The highest BCUT2D eigenvalue weighted by Crippen LogP contribution is 2.19. The number of halogens is 3. The summed E-state index contributed by atoms with van der Waals surface area (Å²) >= 11 is 0. The van der Waals surface area contributed by atoms with E-state index in [2.05, 4.69) is 20.9 Å². The van der Waals surface area contributed by atoms with Crippen LogP contribution in [0.3, 0.4) is 0 Å². The van der Waals surface area contributed by atoms with E-state index in [1.54, 1.807) is 13.1 Å². The number of nitrogens with one attached hydrogen (secondary N) is 3. The van der Waals surface area contributed by atoms with E-state index in [-0.39, 0.29) is 11.9 Å². The number of likely N-dealkylation sites (tertiary alicyclic amines) is 1. The highest BCUT2D eigenvalue weighted by molar-refractivity contribution is 5.94. The molecule has 1 aromatic carbocycles. The van der Waals surface area contributed by atoms with E-state index in [9.17, 15) is 18.0 Å². The smallest absolute Gasteiger partial charge is 0.352 e. The van der Waals surface area contributed by atoms with Crippen molar-refractivity contribution in [2.45, 2.75) is 38.5 Å². The molecule has 1 atom stereocenters. The summed E-state index contributed by atoms with van der Waals surface area (Å²) in [5.41, 5.74) is 1.51. The van der Waals surface area contributed by atoms with Crippen molar-refractivity contribution in [1.29, 1.82) is 0 Å². The quantitative estimate of drug-likeness (QED) is 0.485. The lowest BCUT2D eigenvalue weighted by molar-refractivity contribution is -0.143. The fourth-order valence-corrected chi connectivity index (χ4v) is 3.08. The van der Waals surface area contributed by atoms with Crippen molar-refractivity contribution in [3.8, 4) is 0 Å². The zero-order valence-electron chi connectivity index (χ0n) is 16.3. The van der Waals surface area contributed by atoms with Gasteiger partial charge < -0.3 is 16.0 Å². The topological polar surface area (TPSA) is 68.8 Å². The molecule has 0 aromatic heterocycles. The van der Waals surface area contributed by atoms with E-state index in [4.69, 9.17) is 0 Å². The number of amides is 1. The van der Waals surface area contributed by atoms with Crippen molar-refractivity contribution in [2.75, 3.05) is 33.2 Å². The van der Waals surface area contributed by atoms with Gasteiger partial charge in [-0.1, -0.05) is 19.1 Å². The van der Waals surface area contributed by atoms with Crippen LogP contribution < -0.4 is 16.0 Å². The number of benzene rings is 1. The number of carbonyl (C=O) groups excluding carboxylic acids is 1. The molecule has 1 unspecified atom stereocenters. The van der Waals surface area contributed by atoms with Crippen LogP contribution in [0.15, 0.2) is 29.3 Å². The van der Waals surface area contributed by atoms with Crippen molar-refractivity contribution < 1.29 is 18.0 Å². The molecule has 1 aliphatic heterocycles. The fourth-order valence-electron chi connectivity index (χ4n) is 3.08. The number of hydrogen-bond acceptors (Lipinski definition) is 3. The van der Waals surface area contributed by atoms with Gasteiger partial charge in [0.25, 0.3) is 5.91 Å². The van der Waals surface area contributed by atoms with E-state index in [1.165, 1.54) is 4.90 Å². The highest BCUT2D eigenvalue weighted by atomic mass is 19.4. The monoisotopic (exact) mass is 399 g/mol. The molecule has 1 aromatic rings. The maximum atomic E-state index is 12.5. The Balaban J connectivity index is 1.83. The number of rotatable bonds is 7. The number of alkyl halides is 3. The molecule has 1 fully saturated rings. The van der Waals surface area contributed by atoms with Gasteiger partial charge >= 0.3 is 6.18 Å². The summed E-state index contributed by atoms with van der Waals surface area (Å²) < 4.78 is 37.5. The molecule has 0 radical (unpaired) electrons. The van der Waals surface area contributed by atoms with E-state index in [0.717, 1.165) is 12.0 Å². The van der Waals surface area contributed by atoms with E-state index >= 15 is 0 Å². The summed E-state index contributed by atoms with van der Waals surface area (Å²) in [6.45, 7) is 2.92. The predicted molar refractivity (Wildman–Crippen MR) is 103 cm³/mol. The third-order valence-electron chi connectivity index (χ3n) is 4.42. The van der Waals surface area contributed by atoms with Crippen LogP contribution in [0.2, 0.25) is 0 Å². The van der Waals surface area contributed by atoms with E-state index < -0.39 is 12.7 Å². The molecular weight excluding hydrogens is 371 g/mol. The van der Waals surface area contributed by atoms with Crippen molar-refractivity contribution in [2.24, 2.45) is 4.99 Å². The Labute approximate surface area is 163 Å². The van der Waals surface area contributed by atoms with Gasteiger partial charge in [0.1, 0.15) is 0 Å². The standard InChI is InChI=1S/C19H28F3N5O/c1-3-8-24-17(28)15-6-4-5-14(10-15)11-25-18(23-2)26-16-7-9-27(12-16)13-19(20,21)22/h4-6,10,16H,3,7-9,11-13H2,1-2H3,(H,24,28)(H2,23,25,26). The number of hydrogen-bond donors (Lipinski definition) is 3. The Morgan fingerprint density at radius 1 is 1.32 bits per heavy atom. The molecule has 1 saturated heterocycles. The van der Waals surface area contributed by atoms with Crippen molar-refractivity contribution >= 4 is 11.9 Å². The Morgan fingerprint density at radius 3 is 2.79 bits per heavy atom. The summed E-state index contributed by atoms with van der Waals surface area (Å²) in [4.78, 5) is 17.6. The highest BCUT2D eigenvalue weighted by Gasteiger charge is 2.34. The van der Waals surface area contributed by atoms with Gasteiger partial charge in [-0.2, -0.15) is 13.2 Å². The normalized spacial score (nSPS) is 18.2. The van der Waals surface area contributed by atoms with Crippen LogP contribution in [0.25, 0.3) is 0 Å². The van der Waals surface area contributed by atoms with Gasteiger partial charge in [0.2, 0.25) is 0 Å². The fraction of sp³-hybridized carbons (Fsp3) is 0.579. The van der Waals surface area contributed by atoms with Crippen LogP contribution in [0, 0.1) is 0 Å². The second-order valence-corrected chi connectivity index (χ2v) is 6.86. The number of nitrogens with zero attached hydrogens (tertiary/aromatic N) is 2. The summed E-state index contributed by atoms with van der Waals surface area (Å²) in [7, 11) is 1.62. The number of guanidine groups is 1. The third-order valence-corrected chi connectivity index (χ3v) is 4.42. The summed E-state index contributed by atoms with van der Waals surface area (Å²) in [6, 6.07) is 7.21. The molecule has 1 heterocycles.